The third kappa shape index (κ3) is 14.5. The highest BCUT2D eigenvalue weighted by Gasteiger charge is 2.06. The maximum Gasteiger partial charge on any atom is 0.330 e. The molecule has 0 aliphatic heterocycles. The van der Waals surface area contributed by atoms with Gasteiger partial charge in [0.2, 0.25) is 0 Å². The van der Waals surface area contributed by atoms with Crippen LogP contribution in [0.15, 0.2) is 12.2 Å². The van der Waals surface area contributed by atoms with Crippen molar-refractivity contribution in [2.24, 2.45) is 5.92 Å². The lowest BCUT2D eigenvalue weighted by Gasteiger charge is -2.09. The Balaban J connectivity index is 3.35. The van der Waals surface area contributed by atoms with Crippen LogP contribution in [-0.4, -0.2) is 17.4 Å². The Hall–Kier alpha value is -1.12. The highest BCUT2D eigenvalue weighted by atomic mass is 16.4. The van der Waals surface area contributed by atoms with Gasteiger partial charge in [-0.2, -0.15) is 0 Å². The average molecular weight is 339 g/mol. The van der Waals surface area contributed by atoms with E-state index in [0.717, 1.165) is 32.0 Å². The number of hydrogen-bond donors (Lipinski definition) is 1. The fourth-order valence-electron chi connectivity index (χ4n) is 3.03. The Morgan fingerprint density at radius 1 is 0.875 bits per heavy atom. The normalized spacial score (nSPS) is 12.0. The molecule has 3 nitrogen and oxygen atoms in total. The van der Waals surface area contributed by atoms with E-state index >= 15 is 0 Å². The van der Waals surface area contributed by atoms with E-state index in [9.17, 15) is 9.59 Å². The van der Waals surface area contributed by atoms with E-state index in [4.69, 9.17) is 5.11 Å². The van der Waals surface area contributed by atoms with Gasteiger partial charge in [-0.05, 0) is 25.7 Å². The summed E-state index contributed by atoms with van der Waals surface area (Å²) in [6.45, 7) is 5.76. The molecule has 140 valence electrons. The number of aldehydes is 1. The molecule has 0 bridgehead atoms. The molecule has 0 rings (SSSR count). The molecule has 0 aromatic carbocycles. The Bertz CT molecular complexity index is 336. The van der Waals surface area contributed by atoms with Gasteiger partial charge in [-0.15, -0.1) is 0 Å². The average Bonchev–Trinajstić information content (AvgIpc) is 2.57. The van der Waals surface area contributed by atoms with Crippen molar-refractivity contribution >= 4 is 12.3 Å². The van der Waals surface area contributed by atoms with E-state index < -0.39 is 5.97 Å². The first-order valence-electron chi connectivity index (χ1n) is 9.98. The molecule has 1 unspecified atom stereocenters. The van der Waals surface area contributed by atoms with E-state index in [2.05, 4.69) is 13.5 Å². The van der Waals surface area contributed by atoms with Gasteiger partial charge in [-0.3, -0.25) is 0 Å². The summed E-state index contributed by atoms with van der Waals surface area (Å²) in [7, 11) is 0. The minimum Gasteiger partial charge on any atom is -0.478 e. The van der Waals surface area contributed by atoms with Gasteiger partial charge >= 0.3 is 5.97 Å². The molecule has 0 amide bonds. The minimum absolute atomic E-state index is 0.282. The van der Waals surface area contributed by atoms with Crippen LogP contribution in [0, 0.1) is 5.92 Å². The van der Waals surface area contributed by atoms with E-state index in [1.807, 2.05) is 0 Å². The third-order valence-corrected chi connectivity index (χ3v) is 4.73. The van der Waals surface area contributed by atoms with Crippen molar-refractivity contribution < 1.29 is 14.7 Å². The zero-order valence-corrected chi connectivity index (χ0v) is 15.7. The van der Waals surface area contributed by atoms with Gasteiger partial charge in [-0.1, -0.05) is 84.1 Å². The number of rotatable bonds is 18. The summed E-state index contributed by atoms with van der Waals surface area (Å²) in [5.41, 5.74) is 0.328. The van der Waals surface area contributed by atoms with E-state index in [0.29, 0.717) is 12.0 Å². The second-order valence-electron chi connectivity index (χ2n) is 7.02. The maximum atomic E-state index is 11.1. The molecule has 1 N–H and O–H groups in total. The number of carboxylic acids is 1. The number of carbonyl (C=O) groups is 2. The molecule has 1 atom stereocenters. The molecule has 0 aliphatic carbocycles. The Kier molecular flexibility index (Phi) is 15.9. The summed E-state index contributed by atoms with van der Waals surface area (Å²) in [4.78, 5) is 21.7. The van der Waals surface area contributed by atoms with Crippen LogP contribution >= 0.6 is 0 Å². The number of hydrogen-bond acceptors (Lipinski definition) is 2. The first-order chi connectivity index (χ1) is 11.6. The van der Waals surface area contributed by atoms with Crippen LogP contribution in [0.5, 0.6) is 0 Å². The van der Waals surface area contributed by atoms with Crippen LogP contribution in [0.25, 0.3) is 0 Å². The van der Waals surface area contributed by atoms with Crippen LogP contribution in [0.3, 0.4) is 0 Å². The van der Waals surface area contributed by atoms with Gasteiger partial charge in [-0.25, -0.2) is 4.79 Å². The van der Waals surface area contributed by atoms with Crippen molar-refractivity contribution in [3.63, 3.8) is 0 Å². The summed E-state index contributed by atoms with van der Waals surface area (Å²) < 4.78 is 0. The lowest BCUT2D eigenvalue weighted by atomic mass is 9.95. The van der Waals surface area contributed by atoms with Gasteiger partial charge in [0, 0.05) is 11.5 Å². The zero-order chi connectivity index (χ0) is 18.0. The van der Waals surface area contributed by atoms with Gasteiger partial charge in [0.25, 0.3) is 0 Å². The quantitative estimate of drug-likeness (QED) is 0.181. The lowest BCUT2D eigenvalue weighted by molar-refractivity contribution is -0.132. The molecular formula is C21H38O3. The second-order valence-corrected chi connectivity index (χ2v) is 7.02. The Morgan fingerprint density at radius 3 is 1.79 bits per heavy atom. The third-order valence-electron chi connectivity index (χ3n) is 4.73. The van der Waals surface area contributed by atoms with Crippen LogP contribution < -0.4 is 0 Å². The largest absolute Gasteiger partial charge is 0.478 e. The maximum absolute atomic E-state index is 11.1. The molecule has 0 aromatic rings. The lowest BCUT2D eigenvalue weighted by Crippen LogP contribution is -2.02. The van der Waals surface area contributed by atoms with Crippen molar-refractivity contribution in [3.8, 4) is 0 Å². The van der Waals surface area contributed by atoms with Crippen molar-refractivity contribution in [2.45, 2.75) is 103 Å². The van der Waals surface area contributed by atoms with Gasteiger partial charge in [0.05, 0.1) is 0 Å². The van der Waals surface area contributed by atoms with Gasteiger partial charge in [0.1, 0.15) is 6.29 Å². The molecule has 0 spiro atoms. The predicted octanol–water partition coefficient (Wildman–Crippen LogP) is 6.31. The summed E-state index contributed by atoms with van der Waals surface area (Å²) in [6.07, 6.45) is 18.3. The molecule has 0 aliphatic rings. The van der Waals surface area contributed by atoms with Crippen LogP contribution in [0.1, 0.15) is 103 Å². The van der Waals surface area contributed by atoms with E-state index in [1.54, 1.807) is 0 Å². The topological polar surface area (TPSA) is 54.4 Å². The number of carboxylic acid groups (broad SMARTS) is 1. The zero-order valence-electron chi connectivity index (χ0n) is 15.7. The van der Waals surface area contributed by atoms with Crippen molar-refractivity contribution in [1.82, 2.24) is 0 Å². The van der Waals surface area contributed by atoms with Crippen molar-refractivity contribution in [3.05, 3.63) is 12.2 Å². The summed E-state index contributed by atoms with van der Waals surface area (Å²) in [6, 6.07) is 0. The molecule has 0 heterocycles. The summed E-state index contributed by atoms with van der Waals surface area (Å²) >= 11 is 0. The summed E-state index contributed by atoms with van der Waals surface area (Å²) in [5, 5.41) is 8.71. The molecule has 24 heavy (non-hydrogen) atoms. The highest BCUT2D eigenvalue weighted by molar-refractivity contribution is 5.85. The SMILES string of the molecule is C=C(CCCCCCCCCCC(C=O)CCCCCC)C(=O)O. The second kappa shape index (κ2) is 16.7. The fraction of sp³-hybridized carbons (Fsp3) is 0.810. The van der Waals surface area contributed by atoms with Crippen LogP contribution in [0.2, 0.25) is 0 Å². The summed E-state index contributed by atoms with van der Waals surface area (Å²) in [5.74, 6) is -0.585. The fourth-order valence-corrected chi connectivity index (χ4v) is 3.03. The Morgan fingerprint density at radius 2 is 1.33 bits per heavy atom. The van der Waals surface area contributed by atoms with Gasteiger partial charge in [0.15, 0.2) is 0 Å². The Labute approximate surface area is 148 Å². The van der Waals surface area contributed by atoms with Gasteiger partial charge < -0.3 is 9.90 Å². The molecule has 0 aromatic heterocycles. The van der Waals surface area contributed by atoms with Crippen molar-refractivity contribution in [1.29, 1.82) is 0 Å². The van der Waals surface area contributed by atoms with Crippen LogP contribution in [-0.2, 0) is 9.59 Å². The molecular weight excluding hydrogens is 300 g/mol. The van der Waals surface area contributed by atoms with Crippen LogP contribution in [0.4, 0.5) is 0 Å². The molecule has 0 fully saturated rings. The van der Waals surface area contributed by atoms with E-state index in [-0.39, 0.29) is 5.92 Å². The minimum atomic E-state index is -0.867. The molecule has 0 saturated heterocycles. The standard InChI is InChI=1S/C21H38O3/c1-3-4-5-13-16-20(18-22)17-14-11-9-7-6-8-10-12-15-19(2)21(23)24/h18,20H,2-17H2,1H3,(H,23,24). The highest BCUT2D eigenvalue weighted by Crippen LogP contribution is 2.17. The monoisotopic (exact) mass is 338 g/mol. The number of unbranched alkanes of at least 4 members (excludes halogenated alkanes) is 10. The predicted molar refractivity (Wildman–Crippen MR) is 101 cm³/mol. The first kappa shape index (κ1) is 22.9. The number of aliphatic carboxylic acids is 1. The molecule has 0 saturated carbocycles. The number of carbonyl (C=O) groups excluding carboxylic acids is 1. The smallest absolute Gasteiger partial charge is 0.330 e. The first-order valence-corrected chi connectivity index (χ1v) is 9.98. The molecule has 0 radical (unpaired) electrons. The molecule has 3 heteroatoms. The van der Waals surface area contributed by atoms with E-state index in [1.165, 1.54) is 64.2 Å². The van der Waals surface area contributed by atoms with Crippen molar-refractivity contribution in [2.75, 3.05) is 0 Å².